The van der Waals surface area contributed by atoms with Crippen LogP contribution in [0.3, 0.4) is 0 Å². The number of benzene rings is 1. The molecule has 4 N–H and O–H groups in total. The van der Waals surface area contributed by atoms with Gasteiger partial charge in [-0.15, -0.1) is 0 Å². The van der Waals surface area contributed by atoms with Crippen molar-refractivity contribution in [1.82, 2.24) is 9.97 Å². The summed E-state index contributed by atoms with van der Waals surface area (Å²) in [7, 11) is 1.63. The topological polar surface area (TPSA) is 103 Å². The number of fused-ring (bicyclic) bond motifs is 3. The molecule has 0 bridgehead atoms. The minimum absolute atomic E-state index is 0.138. The van der Waals surface area contributed by atoms with E-state index in [2.05, 4.69) is 14.9 Å². The lowest BCUT2D eigenvalue weighted by Gasteiger charge is -2.31. The Kier molecular flexibility index (Phi) is 3.23. The first-order valence-corrected chi connectivity index (χ1v) is 7.70. The van der Waals surface area contributed by atoms with Crippen LogP contribution in [-0.4, -0.2) is 36.2 Å². The lowest BCUT2D eigenvalue weighted by Crippen LogP contribution is -2.43. The summed E-state index contributed by atoms with van der Waals surface area (Å²) in [5.74, 6) is 1.70. The molecule has 1 aliphatic rings. The summed E-state index contributed by atoms with van der Waals surface area (Å²) in [5, 5.41) is 0.871. The Labute approximate surface area is 133 Å². The quantitative estimate of drug-likeness (QED) is 0.744. The Morgan fingerprint density at radius 2 is 2.22 bits per heavy atom. The highest BCUT2D eigenvalue weighted by atomic mass is 16.5. The number of anilines is 2. The molecule has 0 saturated carbocycles. The monoisotopic (exact) mass is 313 g/mol. The molecule has 0 amide bonds. The van der Waals surface area contributed by atoms with Gasteiger partial charge in [0.2, 0.25) is 5.95 Å². The van der Waals surface area contributed by atoms with Crippen LogP contribution in [0.5, 0.6) is 5.75 Å². The number of aromatic nitrogens is 2. The first-order chi connectivity index (χ1) is 11.2. The van der Waals surface area contributed by atoms with Crippen molar-refractivity contribution in [3.8, 4) is 5.75 Å². The fourth-order valence-corrected chi connectivity index (χ4v) is 3.17. The molecule has 1 aliphatic heterocycles. The van der Waals surface area contributed by atoms with Gasteiger partial charge in [-0.3, -0.25) is 0 Å². The Bertz CT molecular complexity index is 876. The SMILES string of the molecule is COc1ccc2oc3c(N4CCC[C@H](N)C4)nc(N)nc3c2c1. The summed E-state index contributed by atoms with van der Waals surface area (Å²) in [6.45, 7) is 1.63. The van der Waals surface area contributed by atoms with Crippen molar-refractivity contribution in [2.75, 3.05) is 30.8 Å². The molecule has 3 heterocycles. The summed E-state index contributed by atoms with van der Waals surface area (Å²) in [6, 6.07) is 5.77. The molecule has 4 rings (SSSR count). The Morgan fingerprint density at radius 3 is 3.00 bits per heavy atom. The van der Waals surface area contributed by atoms with E-state index < -0.39 is 0 Å². The van der Waals surface area contributed by atoms with E-state index in [0.717, 1.165) is 48.5 Å². The lowest BCUT2D eigenvalue weighted by atomic mass is 10.1. The number of nitrogen functional groups attached to an aromatic ring is 1. The van der Waals surface area contributed by atoms with Crippen LogP contribution in [0.2, 0.25) is 0 Å². The van der Waals surface area contributed by atoms with Crippen LogP contribution in [-0.2, 0) is 0 Å². The van der Waals surface area contributed by atoms with Gasteiger partial charge in [0.25, 0.3) is 0 Å². The third kappa shape index (κ3) is 2.33. The molecule has 23 heavy (non-hydrogen) atoms. The maximum absolute atomic E-state index is 6.09. The highest BCUT2D eigenvalue weighted by Gasteiger charge is 2.24. The van der Waals surface area contributed by atoms with Crippen molar-refractivity contribution < 1.29 is 9.15 Å². The zero-order valence-electron chi connectivity index (χ0n) is 13.0. The van der Waals surface area contributed by atoms with Gasteiger partial charge in [-0.2, -0.15) is 4.98 Å². The molecule has 2 aromatic heterocycles. The number of nitrogens with zero attached hydrogens (tertiary/aromatic N) is 3. The predicted octanol–water partition coefficient (Wildman–Crippen LogP) is 1.89. The molecule has 1 aromatic carbocycles. The number of hydrogen-bond acceptors (Lipinski definition) is 7. The summed E-state index contributed by atoms with van der Waals surface area (Å²) >= 11 is 0. The van der Waals surface area contributed by atoms with Crippen LogP contribution in [0.4, 0.5) is 11.8 Å². The van der Waals surface area contributed by atoms with Crippen molar-refractivity contribution in [2.45, 2.75) is 18.9 Å². The lowest BCUT2D eigenvalue weighted by molar-refractivity contribution is 0.415. The van der Waals surface area contributed by atoms with Gasteiger partial charge in [-0.05, 0) is 31.0 Å². The van der Waals surface area contributed by atoms with Crippen LogP contribution >= 0.6 is 0 Å². The number of methoxy groups -OCH3 is 1. The van der Waals surface area contributed by atoms with E-state index in [1.165, 1.54) is 0 Å². The molecule has 0 aliphatic carbocycles. The molecule has 0 unspecified atom stereocenters. The van der Waals surface area contributed by atoms with Crippen molar-refractivity contribution in [1.29, 1.82) is 0 Å². The number of furan rings is 1. The van der Waals surface area contributed by atoms with Gasteiger partial charge in [-0.1, -0.05) is 0 Å². The van der Waals surface area contributed by atoms with E-state index in [9.17, 15) is 0 Å². The number of rotatable bonds is 2. The van der Waals surface area contributed by atoms with Gasteiger partial charge in [0, 0.05) is 19.1 Å². The molecule has 0 spiro atoms. The minimum atomic E-state index is 0.138. The van der Waals surface area contributed by atoms with Gasteiger partial charge in [-0.25, -0.2) is 4.98 Å². The average molecular weight is 313 g/mol. The van der Waals surface area contributed by atoms with E-state index in [-0.39, 0.29) is 12.0 Å². The van der Waals surface area contributed by atoms with E-state index in [1.807, 2.05) is 18.2 Å². The standard InChI is InChI=1S/C16H19N5O2/c1-22-10-4-5-12-11(7-10)13-14(23-12)15(20-16(18)19-13)21-6-2-3-9(17)8-21/h4-5,7,9H,2-3,6,8,17H2,1H3,(H2,18,19,20)/t9-/m0/s1. The largest absolute Gasteiger partial charge is 0.497 e. The molecule has 7 nitrogen and oxygen atoms in total. The van der Waals surface area contributed by atoms with Crippen molar-refractivity contribution >= 4 is 33.8 Å². The van der Waals surface area contributed by atoms with Crippen molar-refractivity contribution in [2.24, 2.45) is 5.73 Å². The summed E-state index contributed by atoms with van der Waals surface area (Å²) < 4.78 is 11.3. The maximum Gasteiger partial charge on any atom is 0.222 e. The second-order valence-corrected chi connectivity index (χ2v) is 5.90. The fraction of sp³-hybridized carbons (Fsp3) is 0.375. The van der Waals surface area contributed by atoms with Gasteiger partial charge in [0.15, 0.2) is 11.4 Å². The number of hydrogen-bond donors (Lipinski definition) is 2. The number of nitrogens with two attached hydrogens (primary N) is 2. The van der Waals surface area contributed by atoms with Crippen LogP contribution in [0.25, 0.3) is 22.1 Å². The molecule has 1 saturated heterocycles. The second kappa shape index (κ2) is 5.27. The van der Waals surface area contributed by atoms with Gasteiger partial charge in [0.05, 0.1) is 12.5 Å². The van der Waals surface area contributed by atoms with E-state index in [4.69, 9.17) is 20.6 Å². The highest BCUT2D eigenvalue weighted by molar-refractivity contribution is 6.06. The Balaban J connectivity index is 1.94. The smallest absolute Gasteiger partial charge is 0.222 e. The third-order valence-corrected chi connectivity index (χ3v) is 4.28. The molecule has 1 fully saturated rings. The van der Waals surface area contributed by atoms with Crippen LogP contribution < -0.4 is 21.1 Å². The number of ether oxygens (including phenoxy) is 1. The van der Waals surface area contributed by atoms with Crippen molar-refractivity contribution in [3.63, 3.8) is 0 Å². The van der Waals surface area contributed by atoms with Gasteiger partial charge in [0.1, 0.15) is 16.8 Å². The van der Waals surface area contributed by atoms with Crippen LogP contribution in [0.15, 0.2) is 22.6 Å². The average Bonchev–Trinajstić information content (AvgIpc) is 2.91. The minimum Gasteiger partial charge on any atom is -0.497 e. The summed E-state index contributed by atoms with van der Waals surface area (Å²) in [5.41, 5.74) is 14.1. The molecular formula is C16H19N5O2. The molecule has 0 radical (unpaired) electrons. The zero-order valence-corrected chi connectivity index (χ0v) is 13.0. The van der Waals surface area contributed by atoms with E-state index in [1.54, 1.807) is 7.11 Å². The second-order valence-electron chi connectivity index (χ2n) is 5.90. The summed E-state index contributed by atoms with van der Waals surface area (Å²) in [6.07, 6.45) is 2.05. The van der Waals surface area contributed by atoms with Gasteiger partial charge >= 0.3 is 0 Å². The van der Waals surface area contributed by atoms with E-state index >= 15 is 0 Å². The van der Waals surface area contributed by atoms with Crippen molar-refractivity contribution in [3.05, 3.63) is 18.2 Å². The number of piperidine rings is 1. The summed E-state index contributed by atoms with van der Waals surface area (Å²) in [4.78, 5) is 10.9. The molecule has 3 aromatic rings. The zero-order chi connectivity index (χ0) is 16.0. The fourth-order valence-electron chi connectivity index (χ4n) is 3.17. The van der Waals surface area contributed by atoms with Crippen LogP contribution in [0.1, 0.15) is 12.8 Å². The highest BCUT2D eigenvalue weighted by Crippen LogP contribution is 2.35. The van der Waals surface area contributed by atoms with Crippen LogP contribution in [0, 0.1) is 0 Å². The maximum atomic E-state index is 6.09. The van der Waals surface area contributed by atoms with Gasteiger partial charge < -0.3 is 25.5 Å². The normalized spacial score (nSPS) is 18.7. The molecule has 1 atom stereocenters. The molecule has 120 valence electrons. The first kappa shape index (κ1) is 14.1. The predicted molar refractivity (Wildman–Crippen MR) is 89.7 cm³/mol. The first-order valence-electron chi connectivity index (χ1n) is 7.70. The van der Waals surface area contributed by atoms with E-state index in [0.29, 0.717) is 11.1 Å². The molecular weight excluding hydrogens is 294 g/mol. The Morgan fingerprint density at radius 1 is 1.35 bits per heavy atom. The third-order valence-electron chi connectivity index (χ3n) is 4.28. The molecule has 7 heteroatoms. The Hall–Kier alpha value is -2.54.